The molecule has 0 spiro atoms. The summed E-state index contributed by atoms with van der Waals surface area (Å²) in [5.74, 6) is -0.237. The number of ether oxygens (including phenoxy) is 2. The van der Waals surface area contributed by atoms with E-state index in [1.807, 2.05) is 41.1 Å². The van der Waals surface area contributed by atoms with Gasteiger partial charge in [0, 0.05) is 45.1 Å². The van der Waals surface area contributed by atoms with Crippen LogP contribution in [0.15, 0.2) is 49.1 Å². The molecular formula is C28H41N5O5. The molecule has 1 aliphatic heterocycles. The van der Waals surface area contributed by atoms with Crippen LogP contribution in [0.2, 0.25) is 0 Å². The lowest BCUT2D eigenvalue weighted by molar-refractivity contribution is -0.139. The molecule has 1 atom stereocenters. The molecule has 1 saturated heterocycles. The van der Waals surface area contributed by atoms with Crippen molar-refractivity contribution in [1.29, 1.82) is 0 Å². The topological polar surface area (TPSA) is 97.2 Å². The molecule has 2 heterocycles. The number of aryl methyl sites for hydroxylation is 1. The SMILES string of the molecule is CC(C)(C)OC(=O)N1CCN(C(=O)OC(C)(C)C)[C@@H](C(=O)N(CCCn2ccnc2)Cc2ccccc2)C1. The Morgan fingerprint density at radius 1 is 0.974 bits per heavy atom. The van der Waals surface area contributed by atoms with Crippen LogP contribution in [0.3, 0.4) is 0 Å². The average Bonchev–Trinajstić information content (AvgIpc) is 3.34. The number of hydrogen-bond donors (Lipinski definition) is 0. The molecule has 0 bridgehead atoms. The summed E-state index contributed by atoms with van der Waals surface area (Å²) in [6.45, 7) is 12.7. The van der Waals surface area contributed by atoms with E-state index in [1.165, 1.54) is 9.80 Å². The number of hydrogen-bond acceptors (Lipinski definition) is 6. The normalized spacial score (nSPS) is 16.2. The van der Waals surface area contributed by atoms with Gasteiger partial charge in [-0.25, -0.2) is 14.6 Å². The molecule has 1 aliphatic rings. The maximum Gasteiger partial charge on any atom is 0.411 e. The lowest BCUT2D eigenvalue weighted by Crippen LogP contribution is -2.62. The molecule has 10 nitrogen and oxygen atoms in total. The van der Waals surface area contributed by atoms with Gasteiger partial charge in [-0.1, -0.05) is 30.3 Å². The van der Waals surface area contributed by atoms with Crippen LogP contribution in [0, 0.1) is 0 Å². The number of carbonyl (C=O) groups is 3. The molecule has 3 amide bonds. The third kappa shape index (κ3) is 8.78. The Balaban J connectivity index is 1.84. The second-order valence-electron chi connectivity index (χ2n) is 11.5. The van der Waals surface area contributed by atoms with Gasteiger partial charge < -0.3 is 23.8 Å². The van der Waals surface area contributed by atoms with Crippen molar-refractivity contribution < 1.29 is 23.9 Å². The minimum Gasteiger partial charge on any atom is -0.444 e. The summed E-state index contributed by atoms with van der Waals surface area (Å²) in [6.07, 6.45) is 4.97. The lowest BCUT2D eigenvalue weighted by Gasteiger charge is -2.42. The molecule has 3 rings (SSSR count). The molecule has 1 fully saturated rings. The fraction of sp³-hybridized carbons (Fsp3) is 0.571. The molecule has 0 aliphatic carbocycles. The molecule has 0 saturated carbocycles. The zero-order valence-electron chi connectivity index (χ0n) is 23.4. The first-order chi connectivity index (χ1) is 17.8. The van der Waals surface area contributed by atoms with Crippen LogP contribution >= 0.6 is 0 Å². The number of benzene rings is 1. The van der Waals surface area contributed by atoms with Crippen molar-refractivity contribution in [2.45, 2.75) is 78.3 Å². The molecule has 0 unspecified atom stereocenters. The summed E-state index contributed by atoms with van der Waals surface area (Å²) < 4.78 is 13.2. The molecule has 38 heavy (non-hydrogen) atoms. The smallest absolute Gasteiger partial charge is 0.411 e. The van der Waals surface area contributed by atoms with Gasteiger partial charge in [-0.3, -0.25) is 9.69 Å². The fourth-order valence-electron chi connectivity index (χ4n) is 4.17. The molecule has 2 aromatic rings. The van der Waals surface area contributed by atoms with Gasteiger partial charge in [-0.05, 0) is 53.5 Å². The van der Waals surface area contributed by atoms with Crippen LogP contribution in [-0.4, -0.2) is 85.8 Å². The standard InChI is InChI=1S/C28H41N5O5/c1-27(2,3)37-25(35)32-17-18-33(26(36)38-28(4,5)6)23(20-32)24(34)31(19-22-11-8-7-9-12-22)15-10-14-30-16-13-29-21-30/h7-9,11-13,16,21,23H,10,14-15,17-20H2,1-6H3/t23-/m1/s1. The van der Waals surface area contributed by atoms with Crippen LogP contribution in [0.25, 0.3) is 0 Å². The van der Waals surface area contributed by atoms with Gasteiger partial charge in [0.05, 0.1) is 12.9 Å². The Kier molecular flexibility index (Phi) is 9.40. The molecule has 1 aromatic heterocycles. The molecule has 0 radical (unpaired) electrons. The summed E-state index contributed by atoms with van der Waals surface area (Å²) in [7, 11) is 0. The maximum absolute atomic E-state index is 14.1. The number of piperazine rings is 1. The van der Waals surface area contributed by atoms with Gasteiger partial charge in [0.25, 0.3) is 0 Å². The van der Waals surface area contributed by atoms with Gasteiger partial charge in [0.1, 0.15) is 17.2 Å². The van der Waals surface area contributed by atoms with Gasteiger partial charge in [0.15, 0.2) is 0 Å². The van der Waals surface area contributed by atoms with E-state index in [0.29, 0.717) is 26.1 Å². The van der Waals surface area contributed by atoms with E-state index >= 15 is 0 Å². The van der Waals surface area contributed by atoms with Crippen molar-refractivity contribution in [2.75, 3.05) is 26.2 Å². The highest BCUT2D eigenvalue weighted by atomic mass is 16.6. The second-order valence-corrected chi connectivity index (χ2v) is 11.5. The summed E-state index contributed by atoms with van der Waals surface area (Å²) >= 11 is 0. The van der Waals surface area contributed by atoms with E-state index in [9.17, 15) is 14.4 Å². The first-order valence-electron chi connectivity index (χ1n) is 13.1. The highest BCUT2D eigenvalue weighted by Gasteiger charge is 2.41. The van der Waals surface area contributed by atoms with Crippen LogP contribution in [-0.2, 0) is 27.4 Å². The Hall–Kier alpha value is -3.56. The minimum atomic E-state index is -0.900. The Labute approximate surface area is 225 Å². The molecule has 1 aromatic carbocycles. The van der Waals surface area contributed by atoms with Gasteiger partial charge in [0.2, 0.25) is 5.91 Å². The van der Waals surface area contributed by atoms with Crippen molar-refractivity contribution in [3.63, 3.8) is 0 Å². The summed E-state index contributed by atoms with van der Waals surface area (Å²) in [5.41, 5.74) is -0.417. The van der Waals surface area contributed by atoms with Crippen molar-refractivity contribution in [3.8, 4) is 0 Å². The maximum atomic E-state index is 14.1. The van der Waals surface area contributed by atoms with E-state index in [-0.39, 0.29) is 25.5 Å². The Morgan fingerprint density at radius 3 is 2.24 bits per heavy atom. The monoisotopic (exact) mass is 527 g/mol. The van der Waals surface area contributed by atoms with Gasteiger partial charge in [-0.15, -0.1) is 0 Å². The van der Waals surface area contributed by atoms with Crippen molar-refractivity contribution >= 4 is 18.1 Å². The van der Waals surface area contributed by atoms with Crippen molar-refractivity contribution in [2.24, 2.45) is 0 Å². The number of aromatic nitrogens is 2. The third-order valence-corrected chi connectivity index (χ3v) is 5.88. The summed E-state index contributed by atoms with van der Waals surface area (Å²) in [6, 6.07) is 8.83. The van der Waals surface area contributed by atoms with E-state index in [1.54, 1.807) is 59.0 Å². The van der Waals surface area contributed by atoms with E-state index in [4.69, 9.17) is 9.47 Å². The average molecular weight is 528 g/mol. The highest BCUT2D eigenvalue weighted by Crippen LogP contribution is 2.21. The zero-order valence-corrected chi connectivity index (χ0v) is 23.4. The predicted octanol–water partition coefficient (Wildman–Crippen LogP) is 4.16. The first-order valence-corrected chi connectivity index (χ1v) is 13.1. The molecule has 0 N–H and O–H groups in total. The summed E-state index contributed by atoms with van der Waals surface area (Å²) in [5, 5.41) is 0. The summed E-state index contributed by atoms with van der Waals surface area (Å²) in [4.78, 5) is 49.0. The largest absolute Gasteiger partial charge is 0.444 e. The minimum absolute atomic E-state index is 0.0276. The van der Waals surface area contributed by atoms with Gasteiger partial charge in [-0.2, -0.15) is 0 Å². The second kappa shape index (κ2) is 12.3. The van der Waals surface area contributed by atoms with E-state index < -0.39 is 29.4 Å². The number of nitrogens with zero attached hydrogens (tertiary/aromatic N) is 5. The third-order valence-electron chi connectivity index (χ3n) is 5.88. The zero-order chi connectivity index (χ0) is 27.9. The van der Waals surface area contributed by atoms with Crippen LogP contribution in [0.1, 0.15) is 53.5 Å². The Bertz CT molecular complexity index is 1060. The highest BCUT2D eigenvalue weighted by molar-refractivity contribution is 5.87. The van der Waals surface area contributed by atoms with Crippen molar-refractivity contribution in [3.05, 3.63) is 54.6 Å². The van der Waals surface area contributed by atoms with E-state index in [0.717, 1.165) is 5.56 Å². The predicted molar refractivity (Wildman–Crippen MR) is 143 cm³/mol. The molecular weight excluding hydrogens is 486 g/mol. The fourth-order valence-corrected chi connectivity index (χ4v) is 4.17. The molecule has 10 heteroatoms. The van der Waals surface area contributed by atoms with Crippen LogP contribution in [0.5, 0.6) is 0 Å². The molecule has 208 valence electrons. The van der Waals surface area contributed by atoms with Crippen molar-refractivity contribution in [1.82, 2.24) is 24.3 Å². The number of amides is 3. The van der Waals surface area contributed by atoms with Crippen LogP contribution < -0.4 is 0 Å². The Morgan fingerprint density at radius 2 is 1.63 bits per heavy atom. The first kappa shape index (κ1) is 29.0. The van der Waals surface area contributed by atoms with Crippen LogP contribution in [0.4, 0.5) is 9.59 Å². The van der Waals surface area contributed by atoms with E-state index in [2.05, 4.69) is 4.98 Å². The quantitative estimate of drug-likeness (QED) is 0.537. The number of carbonyl (C=O) groups excluding carboxylic acids is 3. The number of imidazole rings is 1. The van der Waals surface area contributed by atoms with Gasteiger partial charge >= 0.3 is 12.2 Å². The number of rotatable bonds is 7. The lowest BCUT2D eigenvalue weighted by atomic mass is 10.1.